The first-order chi connectivity index (χ1) is 15.1. The van der Waals surface area contributed by atoms with Gasteiger partial charge in [-0.3, -0.25) is 0 Å². The van der Waals surface area contributed by atoms with Crippen LogP contribution in [-0.2, 0) is 33.3 Å². The summed E-state index contributed by atoms with van der Waals surface area (Å²) in [7, 11) is -9.63. The van der Waals surface area contributed by atoms with Gasteiger partial charge in [0, 0.05) is 18.7 Å². The topological polar surface area (TPSA) is 126 Å². The molecular formula is C23H19NNa2O6S2. The van der Waals surface area contributed by atoms with E-state index in [1.807, 2.05) is 12.1 Å². The zero-order valence-corrected chi connectivity index (χ0v) is 24.7. The van der Waals surface area contributed by atoms with E-state index in [-0.39, 0.29) is 75.8 Å². The average Bonchev–Trinajstić information content (AvgIpc) is 3.20. The molecule has 3 aromatic rings. The Balaban J connectivity index is 0.00000204. The Morgan fingerprint density at radius 2 is 1.44 bits per heavy atom. The molecule has 0 aromatic heterocycles. The number of nitrogens with one attached hydrogen (secondary N) is 1. The van der Waals surface area contributed by atoms with E-state index in [0.717, 1.165) is 11.1 Å². The van der Waals surface area contributed by atoms with Gasteiger partial charge in [-0.2, -0.15) is 0 Å². The molecule has 1 aliphatic heterocycles. The van der Waals surface area contributed by atoms with Crippen LogP contribution in [0.4, 0.5) is 0 Å². The predicted octanol–water partition coefficient (Wildman–Crippen LogP) is -2.75. The monoisotopic (exact) mass is 515 g/mol. The van der Waals surface area contributed by atoms with Crippen molar-refractivity contribution in [3.8, 4) is 11.1 Å². The summed E-state index contributed by atoms with van der Waals surface area (Å²) >= 11 is 0. The first-order valence-electron chi connectivity index (χ1n) is 9.71. The number of fused-ring (bicyclic) bond motifs is 1. The molecule has 11 heteroatoms. The molecule has 0 amide bonds. The molecule has 0 unspecified atom stereocenters. The third-order valence-electron chi connectivity index (χ3n) is 5.36. The van der Waals surface area contributed by atoms with E-state index < -0.39 is 30.0 Å². The number of rotatable bonds is 5. The van der Waals surface area contributed by atoms with E-state index in [0.29, 0.717) is 24.2 Å². The van der Waals surface area contributed by atoms with E-state index in [1.54, 1.807) is 31.2 Å². The second-order valence-electron chi connectivity index (χ2n) is 7.55. The maximum absolute atomic E-state index is 12.3. The summed E-state index contributed by atoms with van der Waals surface area (Å²) in [6.07, 6.45) is 2.67. The average molecular weight is 516 g/mol. The molecule has 7 nitrogen and oxygen atoms in total. The van der Waals surface area contributed by atoms with Gasteiger partial charge in [-0.1, -0.05) is 60.7 Å². The van der Waals surface area contributed by atoms with Gasteiger partial charge in [-0.05, 0) is 46.4 Å². The Hall–Kier alpha value is -0.820. The largest absolute Gasteiger partial charge is 1.00 e. The summed E-state index contributed by atoms with van der Waals surface area (Å²) in [6.45, 7) is 2.86. The predicted molar refractivity (Wildman–Crippen MR) is 118 cm³/mol. The van der Waals surface area contributed by atoms with Crippen LogP contribution in [0.5, 0.6) is 0 Å². The molecule has 0 fully saturated rings. The molecule has 0 atom stereocenters. The fourth-order valence-electron chi connectivity index (χ4n) is 3.94. The molecule has 0 bridgehead atoms. The van der Waals surface area contributed by atoms with Crippen molar-refractivity contribution in [3.63, 3.8) is 0 Å². The van der Waals surface area contributed by atoms with Gasteiger partial charge >= 0.3 is 59.1 Å². The van der Waals surface area contributed by atoms with Crippen molar-refractivity contribution in [2.75, 3.05) is 0 Å². The van der Waals surface area contributed by atoms with Gasteiger partial charge in [0.25, 0.3) is 0 Å². The number of hydrogen-bond donors (Lipinski definition) is 1. The second kappa shape index (κ2) is 11.5. The molecule has 3 aromatic carbocycles. The Bertz CT molecular complexity index is 1470. The molecule has 0 radical (unpaired) electrons. The molecule has 1 heterocycles. The smallest absolute Gasteiger partial charge is 0.744 e. The van der Waals surface area contributed by atoms with E-state index in [1.165, 1.54) is 30.4 Å². The zero-order chi connectivity index (χ0) is 23.1. The van der Waals surface area contributed by atoms with Crippen LogP contribution in [0.2, 0.25) is 0 Å². The summed E-state index contributed by atoms with van der Waals surface area (Å²) < 4.78 is 71.8. The van der Waals surface area contributed by atoms with Crippen molar-refractivity contribution < 1.29 is 85.1 Å². The quantitative estimate of drug-likeness (QED) is 0.222. The first kappa shape index (κ1) is 29.4. The van der Waals surface area contributed by atoms with Crippen molar-refractivity contribution in [3.05, 3.63) is 82.4 Å². The van der Waals surface area contributed by atoms with Crippen molar-refractivity contribution >= 4 is 32.4 Å². The molecular weight excluding hydrogens is 496 g/mol. The molecule has 0 aliphatic carbocycles. The second-order valence-corrected chi connectivity index (χ2v) is 10.2. The summed E-state index contributed by atoms with van der Waals surface area (Å²) in [5, 5.41) is 3.21. The molecule has 0 saturated heterocycles. The minimum Gasteiger partial charge on any atom is -0.744 e. The Labute approximate surface area is 243 Å². The molecule has 1 aliphatic rings. The summed E-state index contributed by atoms with van der Waals surface area (Å²) in [6, 6.07) is 14.5. The van der Waals surface area contributed by atoms with Gasteiger partial charge in [0.15, 0.2) is 0 Å². The Morgan fingerprint density at radius 1 is 0.794 bits per heavy atom. The SMILES string of the molecule is Cc1ccc(C=Cc2cccc(-c3cccc4c3CNC4)c2S(=O)(=O)[O-])c(S(=O)(=O)[O-])c1.[Na+].[Na+]. The normalized spacial score (nSPS) is 13.3. The van der Waals surface area contributed by atoms with Gasteiger partial charge in [0.2, 0.25) is 0 Å². The molecule has 1 N–H and O–H groups in total. The van der Waals surface area contributed by atoms with E-state index in [2.05, 4.69) is 5.32 Å². The summed E-state index contributed by atoms with van der Waals surface area (Å²) in [4.78, 5) is -0.807. The molecule has 166 valence electrons. The number of hydrogen-bond acceptors (Lipinski definition) is 7. The standard InChI is InChI=1S/C23H21NO6S2.2Na/c1-15-8-9-16(22(12-15)31(25,26)27)10-11-17-4-2-7-20(23(17)32(28,29)30)19-6-3-5-18-13-24-14-21(18)19;;/h2-12,24H,13-14H2,1H3,(H,25,26,27)(H,28,29,30);;/q;2*+1/p-2. The van der Waals surface area contributed by atoms with Crippen molar-refractivity contribution in [1.82, 2.24) is 5.32 Å². The first-order valence-corrected chi connectivity index (χ1v) is 12.5. The number of aryl methyl sites for hydroxylation is 1. The van der Waals surface area contributed by atoms with Gasteiger partial charge in [-0.25, -0.2) is 16.8 Å². The molecule has 0 saturated carbocycles. The maximum atomic E-state index is 12.3. The van der Waals surface area contributed by atoms with E-state index in [4.69, 9.17) is 0 Å². The fraction of sp³-hybridized carbons (Fsp3) is 0.130. The van der Waals surface area contributed by atoms with Crippen LogP contribution < -0.4 is 64.4 Å². The van der Waals surface area contributed by atoms with Crippen molar-refractivity contribution in [2.45, 2.75) is 29.8 Å². The van der Waals surface area contributed by atoms with Crippen LogP contribution in [0, 0.1) is 6.92 Å². The Kier molecular flexibility index (Phi) is 9.94. The van der Waals surface area contributed by atoms with Crippen LogP contribution in [0.25, 0.3) is 23.3 Å². The van der Waals surface area contributed by atoms with Crippen LogP contribution in [0.1, 0.15) is 27.8 Å². The summed E-state index contributed by atoms with van der Waals surface area (Å²) in [5.74, 6) is 0. The minimum absolute atomic E-state index is 0. The van der Waals surface area contributed by atoms with Gasteiger partial charge in [0.1, 0.15) is 20.2 Å². The molecule has 34 heavy (non-hydrogen) atoms. The Morgan fingerprint density at radius 3 is 2.12 bits per heavy atom. The van der Waals surface area contributed by atoms with Gasteiger partial charge < -0.3 is 14.4 Å². The van der Waals surface area contributed by atoms with Crippen LogP contribution >= 0.6 is 0 Å². The number of benzene rings is 3. The minimum atomic E-state index is -4.88. The summed E-state index contributed by atoms with van der Waals surface area (Å²) in [5.41, 5.74) is 3.69. The maximum Gasteiger partial charge on any atom is 1.00 e. The molecule has 0 spiro atoms. The van der Waals surface area contributed by atoms with Crippen molar-refractivity contribution in [2.24, 2.45) is 0 Å². The zero-order valence-electron chi connectivity index (χ0n) is 19.0. The van der Waals surface area contributed by atoms with Crippen molar-refractivity contribution in [1.29, 1.82) is 0 Å². The van der Waals surface area contributed by atoms with Crippen LogP contribution in [-0.4, -0.2) is 25.9 Å². The van der Waals surface area contributed by atoms with E-state index >= 15 is 0 Å². The molecule has 4 rings (SSSR count). The van der Waals surface area contributed by atoms with Gasteiger partial charge in [0.05, 0.1) is 9.79 Å². The third kappa shape index (κ3) is 6.29. The van der Waals surface area contributed by atoms with Gasteiger partial charge in [-0.15, -0.1) is 0 Å². The fourth-order valence-corrected chi connectivity index (χ4v) is 5.56. The van der Waals surface area contributed by atoms with E-state index in [9.17, 15) is 25.9 Å². The third-order valence-corrected chi connectivity index (χ3v) is 7.20. The van der Waals surface area contributed by atoms with Crippen LogP contribution in [0.3, 0.4) is 0 Å². The van der Waals surface area contributed by atoms with Crippen LogP contribution in [0.15, 0.2) is 64.4 Å².